The molecular weight excluding hydrogens is 348 g/mol. The molecule has 0 aliphatic carbocycles. The first-order valence-corrected chi connectivity index (χ1v) is 10.3. The van der Waals surface area contributed by atoms with E-state index >= 15 is 0 Å². The van der Waals surface area contributed by atoms with Crippen molar-refractivity contribution in [1.29, 1.82) is 0 Å². The minimum absolute atomic E-state index is 0.0835. The first-order valence-electron chi connectivity index (χ1n) is 9.04. The van der Waals surface area contributed by atoms with Gasteiger partial charge < -0.3 is 15.4 Å². The molecule has 2 N–H and O–H groups in total. The van der Waals surface area contributed by atoms with Crippen LogP contribution < -0.4 is 10.6 Å². The summed E-state index contributed by atoms with van der Waals surface area (Å²) in [5, 5.41) is 9.60. The molecule has 1 aliphatic rings. The van der Waals surface area contributed by atoms with E-state index in [2.05, 4.69) is 59.3 Å². The monoisotopic (exact) mass is 374 g/mol. The molecule has 0 bridgehead atoms. The highest BCUT2D eigenvalue weighted by molar-refractivity contribution is 7.80. The van der Waals surface area contributed by atoms with Gasteiger partial charge in [0, 0.05) is 18.0 Å². The maximum atomic E-state index is 5.65. The second-order valence-electron chi connectivity index (χ2n) is 6.43. The maximum Gasteiger partial charge on any atom is 0.167 e. The lowest BCUT2D eigenvalue weighted by Gasteiger charge is -2.21. The molecule has 134 valence electrons. The molecule has 2 heterocycles. The maximum absolute atomic E-state index is 5.65. The lowest BCUT2D eigenvalue weighted by Crippen LogP contribution is -2.41. The highest BCUT2D eigenvalue weighted by Gasteiger charge is 2.18. The van der Waals surface area contributed by atoms with Gasteiger partial charge in [-0.15, -0.1) is 11.3 Å². The fourth-order valence-electron chi connectivity index (χ4n) is 3.13. The van der Waals surface area contributed by atoms with Crippen LogP contribution in [-0.2, 0) is 11.2 Å². The summed E-state index contributed by atoms with van der Waals surface area (Å²) in [4.78, 5) is 1.27. The number of thiophene rings is 1. The Labute approximate surface area is 159 Å². The predicted octanol–water partition coefficient (Wildman–Crippen LogP) is 4.43. The van der Waals surface area contributed by atoms with E-state index in [9.17, 15) is 0 Å². The molecule has 1 aromatic heterocycles. The van der Waals surface area contributed by atoms with E-state index in [4.69, 9.17) is 17.0 Å². The number of hydrogen-bond donors (Lipinski definition) is 2. The first kappa shape index (κ1) is 18.4. The van der Waals surface area contributed by atoms with Crippen molar-refractivity contribution in [2.45, 2.75) is 44.8 Å². The van der Waals surface area contributed by atoms with Gasteiger partial charge in [-0.25, -0.2) is 0 Å². The van der Waals surface area contributed by atoms with E-state index in [0.717, 1.165) is 32.4 Å². The van der Waals surface area contributed by atoms with Gasteiger partial charge in [-0.3, -0.25) is 0 Å². The summed E-state index contributed by atoms with van der Waals surface area (Å²) in [6.07, 6.45) is 4.84. The van der Waals surface area contributed by atoms with Crippen molar-refractivity contribution in [1.82, 2.24) is 10.6 Å². The number of nitrogens with one attached hydrogen (secondary N) is 2. The molecule has 1 fully saturated rings. The molecule has 0 amide bonds. The minimum atomic E-state index is 0.0835. The smallest absolute Gasteiger partial charge is 0.167 e. The van der Waals surface area contributed by atoms with Crippen molar-refractivity contribution in [3.05, 3.63) is 57.8 Å². The van der Waals surface area contributed by atoms with Gasteiger partial charge in [-0.2, -0.15) is 0 Å². The second-order valence-corrected chi connectivity index (χ2v) is 7.82. The van der Waals surface area contributed by atoms with Crippen LogP contribution in [0, 0.1) is 0 Å². The number of aryl methyl sites for hydroxylation is 1. The molecule has 25 heavy (non-hydrogen) atoms. The van der Waals surface area contributed by atoms with Crippen molar-refractivity contribution in [3.63, 3.8) is 0 Å². The standard InChI is InChI=1S/C20H26N2OS2/c1-2-5-15-8-10-16(11-9-15)19(18-7-4-13-25-18)22-20(24)21-14-17-6-3-12-23-17/h4,7-11,13,17,19H,2-3,5-6,12,14H2,1H3,(H2,21,22,24)/t17-,19-/m1/s1. The Bertz CT molecular complexity index is 649. The molecule has 0 saturated carbocycles. The highest BCUT2D eigenvalue weighted by atomic mass is 32.1. The number of ether oxygens (including phenoxy) is 1. The zero-order valence-electron chi connectivity index (χ0n) is 14.7. The molecule has 2 aromatic rings. The zero-order valence-corrected chi connectivity index (χ0v) is 16.3. The van der Waals surface area contributed by atoms with E-state index in [-0.39, 0.29) is 12.1 Å². The largest absolute Gasteiger partial charge is 0.376 e. The number of benzene rings is 1. The average Bonchev–Trinajstić information content (AvgIpc) is 3.33. The molecule has 5 heteroatoms. The molecule has 3 nitrogen and oxygen atoms in total. The first-order chi connectivity index (χ1) is 12.3. The van der Waals surface area contributed by atoms with Gasteiger partial charge in [0.25, 0.3) is 0 Å². The Kier molecular flexibility index (Phi) is 6.84. The predicted molar refractivity (Wildman–Crippen MR) is 109 cm³/mol. The van der Waals surface area contributed by atoms with Crippen LogP contribution in [0.5, 0.6) is 0 Å². The van der Waals surface area contributed by atoms with Crippen LogP contribution in [0.25, 0.3) is 0 Å². The SMILES string of the molecule is CCCc1ccc([C@@H](NC(=S)NC[C@H]2CCCO2)c2cccs2)cc1. The summed E-state index contributed by atoms with van der Waals surface area (Å²) in [5.41, 5.74) is 2.62. The molecular formula is C20H26N2OS2. The van der Waals surface area contributed by atoms with Crippen LogP contribution in [-0.4, -0.2) is 24.4 Å². The molecule has 1 aliphatic heterocycles. The normalized spacial score (nSPS) is 18.0. The third-order valence-electron chi connectivity index (χ3n) is 4.47. The van der Waals surface area contributed by atoms with Crippen molar-refractivity contribution < 1.29 is 4.74 Å². The summed E-state index contributed by atoms with van der Waals surface area (Å²) < 4.78 is 5.65. The van der Waals surface area contributed by atoms with Gasteiger partial charge in [0.1, 0.15) is 0 Å². The van der Waals surface area contributed by atoms with Gasteiger partial charge in [-0.05, 0) is 54.1 Å². The highest BCUT2D eigenvalue weighted by Crippen LogP contribution is 2.26. The van der Waals surface area contributed by atoms with Crippen LogP contribution in [0.1, 0.15) is 48.2 Å². The fraction of sp³-hybridized carbons (Fsp3) is 0.450. The molecule has 0 unspecified atom stereocenters. The Morgan fingerprint density at radius 3 is 2.80 bits per heavy atom. The van der Waals surface area contributed by atoms with Gasteiger partial charge in [0.2, 0.25) is 0 Å². The third-order valence-corrected chi connectivity index (χ3v) is 5.67. The topological polar surface area (TPSA) is 33.3 Å². The van der Waals surface area contributed by atoms with Crippen molar-refractivity contribution >= 4 is 28.7 Å². The summed E-state index contributed by atoms with van der Waals surface area (Å²) in [7, 11) is 0. The number of thiocarbonyl (C=S) groups is 1. The zero-order chi connectivity index (χ0) is 17.5. The van der Waals surface area contributed by atoms with E-state index in [1.54, 1.807) is 11.3 Å². The Hall–Kier alpha value is -1.43. The van der Waals surface area contributed by atoms with E-state index < -0.39 is 0 Å². The Balaban J connectivity index is 1.66. The second kappa shape index (κ2) is 9.32. The lowest BCUT2D eigenvalue weighted by atomic mass is 10.0. The summed E-state index contributed by atoms with van der Waals surface area (Å²) >= 11 is 7.28. The molecule has 0 spiro atoms. The summed E-state index contributed by atoms with van der Waals surface area (Å²) in [6, 6.07) is 13.2. The van der Waals surface area contributed by atoms with Gasteiger partial charge in [-0.1, -0.05) is 43.7 Å². The molecule has 1 saturated heterocycles. The molecule has 2 atom stereocenters. The van der Waals surface area contributed by atoms with Crippen molar-refractivity contribution in [2.75, 3.05) is 13.2 Å². The van der Waals surface area contributed by atoms with E-state index in [1.807, 2.05) is 0 Å². The molecule has 0 radical (unpaired) electrons. The average molecular weight is 375 g/mol. The van der Waals surface area contributed by atoms with E-state index in [0.29, 0.717) is 5.11 Å². The molecule has 1 aromatic carbocycles. The number of rotatable bonds is 7. The fourth-order valence-corrected chi connectivity index (χ4v) is 4.14. The molecule has 3 rings (SSSR count). The van der Waals surface area contributed by atoms with Crippen LogP contribution in [0.4, 0.5) is 0 Å². The van der Waals surface area contributed by atoms with Crippen molar-refractivity contribution in [3.8, 4) is 0 Å². The lowest BCUT2D eigenvalue weighted by molar-refractivity contribution is 0.114. The Morgan fingerprint density at radius 1 is 1.32 bits per heavy atom. The van der Waals surface area contributed by atoms with Gasteiger partial charge in [0.05, 0.1) is 12.1 Å². The third kappa shape index (κ3) is 5.27. The number of hydrogen-bond acceptors (Lipinski definition) is 3. The van der Waals surface area contributed by atoms with E-state index in [1.165, 1.54) is 22.4 Å². The summed E-state index contributed by atoms with van der Waals surface area (Å²) in [5.74, 6) is 0. The van der Waals surface area contributed by atoms with Crippen LogP contribution in [0.2, 0.25) is 0 Å². The quantitative estimate of drug-likeness (QED) is 0.702. The van der Waals surface area contributed by atoms with Crippen molar-refractivity contribution in [2.24, 2.45) is 0 Å². The van der Waals surface area contributed by atoms with Crippen LogP contribution in [0.3, 0.4) is 0 Å². The Morgan fingerprint density at radius 2 is 2.16 bits per heavy atom. The van der Waals surface area contributed by atoms with Gasteiger partial charge in [0.15, 0.2) is 5.11 Å². The van der Waals surface area contributed by atoms with Gasteiger partial charge >= 0.3 is 0 Å². The summed E-state index contributed by atoms with van der Waals surface area (Å²) in [6.45, 7) is 3.86. The van der Waals surface area contributed by atoms with Crippen LogP contribution in [0.15, 0.2) is 41.8 Å². The minimum Gasteiger partial charge on any atom is -0.376 e. The van der Waals surface area contributed by atoms with Crippen LogP contribution >= 0.6 is 23.6 Å².